The van der Waals surface area contributed by atoms with Gasteiger partial charge in [-0.1, -0.05) is 12.8 Å². The average molecular weight is 284 g/mol. The Hall–Kier alpha value is -0.800. The van der Waals surface area contributed by atoms with Gasteiger partial charge in [0.2, 0.25) is 0 Å². The molecule has 2 nitrogen and oxygen atoms in total. The lowest BCUT2D eigenvalue weighted by molar-refractivity contribution is -0.00872. The molecule has 1 aliphatic carbocycles. The Kier molecular flexibility index (Phi) is 3.94. The summed E-state index contributed by atoms with van der Waals surface area (Å²) in [6.45, 7) is 1.62. The number of nitrogens with zero attached hydrogens (tertiary/aromatic N) is 1. The second-order valence-corrected chi connectivity index (χ2v) is 5.63. The summed E-state index contributed by atoms with van der Waals surface area (Å²) in [6.07, 6.45) is 5.12. The summed E-state index contributed by atoms with van der Waals surface area (Å²) in [5.41, 5.74) is 1.96. The van der Waals surface area contributed by atoms with Crippen LogP contribution in [0.15, 0.2) is 18.2 Å². The molecule has 2 fully saturated rings. The molecular formula is C15H19ClFNO. The summed E-state index contributed by atoms with van der Waals surface area (Å²) in [5.74, 6) is 0.134. The maximum Gasteiger partial charge on any atom is 0.123 e. The molecule has 0 N–H and O–H groups in total. The average Bonchev–Trinajstić information content (AvgIpc) is 2.46. The molecule has 4 heteroatoms. The van der Waals surface area contributed by atoms with Crippen LogP contribution in [0.3, 0.4) is 0 Å². The van der Waals surface area contributed by atoms with Crippen LogP contribution in [0, 0.1) is 5.82 Å². The fourth-order valence-electron chi connectivity index (χ4n) is 3.34. The summed E-state index contributed by atoms with van der Waals surface area (Å²) in [7, 11) is 0. The van der Waals surface area contributed by atoms with E-state index in [0.29, 0.717) is 18.0 Å². The van der Waals surface area contributed by atoms with E-state index in [2.05, 4.69) is 4.90 Å². The van der Waals surface area contributed by atoms with Gasteiger partial charge >= 0.3 is 0 Å². The molecule has 0 spiro atoms. The van der Waals surface area contributed by atoms with Crippen LogP contribution < -0.4 is 4.90 Å². The lowest BCUT2D eigenvalue weighted by Gasteiger charge is -2.45. The summed E-state index contributed by atoms with van der Waals surface area (Å²) >= 11 is 5.97. The lowest BCUT2D eigenvalue weighted by atomic mass is 9.89. The van der Waals surface area contributed by atoms with E-state index in [9.17, 15) is 4.39 Å². The van der Waals surface area contributed by atoms with Crippen molar-refractivity contribution < 1.29 is 9.13 Å². The molecule has 1 saturated carbocycles. The molecule has 1 aliphatic heterocycles. The van der Waals surface area contributed by atoms with E-state index in [0.717, 1.165) is 37.2 Å². The Bertz CT molecular complexity index is 452. The minimum absolute atomic E-state index is 0.215. The molecule has 1 heterocycles. The summed E-state index contributed by atoms with van der Waals surface area (Å²) in [5, 5.41) is 0. The van der Waals surface area contributed by atoms with Gasteiger partial charge in [-0.05, 0) is 36.6 Å². The van der Waals surface area contributed by atoms with E-state index >= 15 is 0 Å². The van der Waals surface area contributed by atoms with Gasteiger partial charge in [-0.25, -0.2) is 4.39 Å². The number of hydrogen-bond acceptors (Lipinski definition) is 2. The third kappa shape index (κ3) is 2.59. The van der Waals surface area contributed by atoms with E-state index in [1.54, 1.807) is 6.07 Å². The van der Waals surface area contributed by atoms with Gasteiger partial charge in [0.25, 0.3) is 0 Å². The van der Waals surface area contributed by atoms with Crippen molar-refractivity contribution in [2.75, 3.05) is 18.1 Å². The number of benzene rings is 1. The van der Waals surface area contributed by atoms with E-state index in [-0.39, 0.29) is 5.82 Å². The molecule has 1 aromatic carbocycles. The van der Waals surface area contributed by atoms with Crippen molar-refractivity contribution in [1.82, 2.24) is 0 Å². The van der Waals surface area contributed by atoms with Crippen molar-refractivity contribution in [3.8, 4) is 0 Å². The first-order chi connectivity index (χ1) is 9.29. The van der Waals surface area contributed by atoms with Crippen LogP contribution in [-0.4, -0.2) is 25.3 Å². The van der Waals surface area contributed by atoms with Crippen molar-refractivity contribution in [1.29, 1.82) is 0 Å². The van der Waals surface area contributed by atoms with E-state index in [4.69, 9.17) is 16.3 Å². The molecule has 104 valence electrons. The number of hydrogen-bond donors (Lipinski definition) is 0. The third-order valence-corrected chi connectivity index (χ3v) is 4.52. The molecule has 1 saturated heterocycles. The second kappa shape index (κ2) is 5.68. The largest absolute Gasteiger partial charge is 0.374 e. The quantitative estimate of drug-likeness (QED) is 0.767. The van der Waals surface area contributed by atoms with Gasteiger partial charge in [0.05, 0.1) is 18.8 Å². The van der Waals surface area contributed by atoms with Gasteiger partial charge in [0.1, 0.15) is 5.82 Å². The standard InChI is InChI=1S/C15H19ClFNO/c16-10-11-9-12(17)5-6-13(11)18-7-8-19-15-4-2-1-3-14(15)18/h5-6,9,14-15H,1-4,7-8,10H2. The smallest absolute Gasteiger partial charge is 0.123 e. The van der Waals surface area contributed by atoms with E-state index < -0.39 is 0 Å². The Balaban J connectivity index is 1.91. The summed E-state index contributed by atoms with van der Waals surface area (Å²) in [6, 6.07) is 5.37. The zero-order valence-electron chi connectivity index (χ0n) is 10.9. The first kappa shape index (κ1) is 13.2. The van der Waals surface area contributed by atoms with E-state index in [1.807, 2.05) is 6.07 Å². The van der Waals surface area contributed by atoms with Crippen LogP contribution in [0.25, 0.3) is 0 Å². The molecule has 1 aromatic rings. The summed E-state index contributed by atoms with van der Waals surface area (Å²) < 4.78 is 19.2. The van der Waals surface area contributed by atoms with Gasteiger partial charge in [-0.2, -0.15) is 0 Å². The Morgan fingerprint density at radius 2 is 2.16 bits per heavy atom. The zero-order chi connectivity index (χ0) is 13.2. The van der Waals surface area contributed by atoms with Crippen LogP contribution in [0.4, 0.5) is 10.1 Å². The number of morpholine rings is 1. The van der Waals surface area contributed by atoms with Gasteiger partial charge < -0.3 is 9.64 Å². The number of alkyl halides is 1. The van der Waals surface area contributed by atoms with Gasteiger partial charge in [-0.3, -0.25) is 0 Å². The number of ether oxygens (including phenoxy) is 1. The van der Waals surface area contributed by atoms with E-state index in [1.165, 1.54) is 18.9 Å². The maximum absolute atomic E-state index is 13.3. The first-order valence-corrected chi connectivity index (χ1v) is 7.55. The number of fused-ring (bicyclic) bond motifs is 1. The molecule has 0 bridgehead atoms. The topological polar surface area (TPSA) is 12.5 Å². The van der Waals surface area contributed by atoms with Crippen molar-refractivity contribution in [3.63, 3.8) is 0 Å². The van der Waals surface area contributed by atoms with Gasteiger partial charge in [0.15, 0.2) is 0 Å². The Labute approximate surface area is 118 Å². The molecule has 2 unspecified atom stereocenters. The normalized spacial score (nSPS) is 27.2. The second-order valence-electron chi connectivity index (χ2n) is 5.36. The fourth-order valence-corrected chi connectivity index (χ4v) is 3.55. The SMILES string of the molecule is Fc1ccc(N2CCOC3CCCCC32)c(CCl)c1. The molecule has 3 rings (SSSR count). The monoisotopic (exact) mass is 283 g/mol. The highest BCUT2D eigenvalue weighted by atomic mass is 35.5. The highest BCUT2D eigenvalue weighted by Gasteiger charge is 2.34. The van der Waals surface area contributed by atoms with Crippen molar-refractivity contribution >= 4 is 17.3 Å². The van der Waals surface area contributed by atoms with Crippen molar-refractivity contribution in [2.45, 2.75) is 43.7 Å². The fraction of sp³-hybridized carbons (Fsp3) is 0.600. The maximum atomic E-state index is 13.3. The lowest BCUT2D eigenvalue weighted by Crippen LogP contribution is -2.53. The predicted molar refractivity (Wildman–Crippen MR) is 75.3 cm³/mol. The molecule has 2 aliphatic rings. The molecule has 0 radical (unpaired) electrons. The first-order valence-electron chi connectivity index (χ1n) is 7.02. The van der Waals surface area contributed by atoms with Crippen LogP contribution in [-0.2, 0) is 10.6 Å². The Morgan fingerprint density at radius 1 is 1.32 bits per heavy atom. The molecule has 0 amide bonds. The number of rotatable bonds is 2. The van der Waals surface area contributed by atoms with Gasteiger partial charge in [-0.15, -0.1) is 11.6 Å². The predicted octanol–water partition coefficient (Wildman–Crippen LogP) is 3.71. The van der Waals surface area contributed by atoms with Crippen LogP contribution in [0.2, 0.25) is 0 Å². The van der Waals surface area contributed by atoms with Crippen LogP contribution >= 0.6 is 11.6 Å². The zero-order valence-corrected chi connectivity index (χ0v) is 11.7. The minimum atomic E-state index is -0.215. The number of halogens is 2. The molecular weight excluding hydrogens is 265 g/mol. The molecule has 0 aromatic heterocycles. The van der Waals surface area contributed by atoms with Gasteiger partial charge in [0, 0.05) is 18.1 Å². The number of anilines is 1. The highest BCUT2D eigenvalue weighted by molar-refractivity contribution is 6.17. The molecule has 19 heavy (non-hydrogen) atoms. The molecule has 2 atom stereocenters. The highest BCUT2D eigenvalue weighted by Crippen LogP contribution is 2.34. The van der Waals surface area contributed by atoms with Crippen molar-refractivity contribution in [3.05, 3.63) is 29.6 Å². The minimum Gasteiger partial charge on any atom is -0.374 e. The van der Waals surface area contributed by atoms with Crippen LogP contribution in [0.1, 0.15) is 31.2 Å². The summed E-state index contributed by atoms with van der Waals surface area (Å²) in [4.78, 5) is 2.38. The third-order valence-electron chi connectivity index (χ3n) is 4.23. The van der Waals surface area contributed by atoms with Crippen molar-refractivity contribution in [2.24, 2.45) is 0 Å². The Morgan fingerprint density at radius 3 is 3.00 bits per heavy atom. The van der Waals surface area contributed by atoms with Crippen LogP contribution in [0.5, 0.6) is 0 Å².